The third kappa shape index (κ3) is 3.38. The highest BCUT2D eigenvalue weighted by atomic mass is 35.5. The number of hydrogen-bond donors (Lipinski definition) is 1. The number of rotatable bonds is 4. The van der Waals surface area contributed by atoms with Crippen LogP contribution in [0.3, 0.4) is 0 Å². The van der Waals surface area contributed by atoms with E-state index < -0.39 is 0 Å². The lowest BCUT2D eigenvalue weighted by Gasteiger charge is -2.01. The lowest BCUT2D eigenvalue weighted by Crippen LogP contribution is -1.81. The molecule has 1 aromatic heterocycles. The van der Waals surface area contributed by atoms with E-state index in [-0.39, 0.29) is 11.6 Å². The maximum absolute atomic E-state index is 9.78. The summed E-state index contributed by atoms with van der Waals surface area (Å²) >= 11 is 13.2. The molecular formula is C15H10Cl2N2O2S. The van der Waals surface area contributed by atoms with E-state index in [1.165, 1.54) is 11.8 Å². The maximum atomic E-state index is 9.78. The van der Waals surface area contributed by atoms with E-state index in [1.54, 1.807) is 36.4 Å². The summed E-state index contributed by atoms with van der Waals surface area (Å²) in [6.45, 7) is 0. The summed E-state index contributed by atoms with van der Waals surface area (Å²) in [6.07, 6.45) is 0. The van der Waals surface area contributed by atoms with Crippen LogP contribution in [0.4, 0.5) is 0 Å². The van der Waals surface area contributed by atoms with Crippen molar-refractivity contribution in [1.82, 2.24) is 10.2 Å². The van der Waals surface area contributed by atoms with Crippen molar-refractivity contribution in [1.29, 1.82) is 0 Å². The van der Waals surface area contributed by atoms with Crippen molar-refractivity contribution in [3.05, 3.63) is 58.1 Å². The molecule has 0 radical (unpaired) electrons. The van der Waals surface area contributed by atoms with E-state index in [9.17, 15) is 5.11 Å². The third-order valence-electron chi connectivity index (χ3n) is 2.89. The largest absolute Gasteiger partial charge is 0.507 e. The highest BCUT2D eigenvalue weighted by Gasteiger charge is 2.12. The molecule has 7 heteroatoms. The molecule has 0 saturated carbocycles. The molecule has 0 amide bonds. The van der Waals surface area contributed by atoms with Crippen molar-refractivity contribution in [2.75, 3.05) is 0 Å². The van der Waals surface area contributed by atoms with Crippen molar-refractivity contribution < 1.29 is 9.52 Å². The normalized spacial score (nSPS) is 10.8. The highest BCUT2D eigenvalue weighted by molar-refractivity contribution is 7.98. The number of aromatic nitrogens is 2. The fourth-order valence-electron chi connectivity index (χ4n) is 1.81. The fraction of sp³-hybridized carbons (Fsp3) is 0.0667. The smallest absolute Gasteiger partial charge is 0.277 e. The van der Waals surface area contributed by atoms with Crippen LogP contribution < -0.4 is 0 Å². The number of hydrogen-bond acceptors (Lipinski definition) is 5. The molecule has 3 aromatic rings. The lowest BCUT2D eigenvalue weighted by molar-refractivity contribution is 0.452. The zero-order chi connectivity index (χ0) is 15.5. The number of thioether (sulfide) groups is 1. The number of phenolic OH excluding ortho intramolecular Hbond substituents is 1. The Hall–Kier alpha value is -1.69. The minimum absolute atomic E-state index is 0.104. The molecule has 2 aromatic carbocycles. The Morgan fingerprint density at radius 1 is 1.05 bits per heavy atom. The molecule has 0 spiro atoms. The Balaban J connectivity index is 1.72. The van der Waals surface area contributed by atoms with Gasteiger partial charge >= 0.3 is 0 Å². The predicted molar refractivity (Wildman–Crippen MR) is 87.4 cm³/mol. The standard InChI is InChI=1S/C15H10Cl2N2O2S/c16-11-6-5-9(7-12(11)17)8-22-15-19-18-14(21-15)10-3-1-2-4-13(10)20/h1-7,20H,8H2. The molecular weight excluding hydrogens is 343 g/mol. The van der Waals surface area contributed by atoms with Gasteiger partial charge in [-0.05, 0) is 29.8 Å². The zero-order valence-corrected chi connectivity index (χ0v) is 13.5. The molecule has 0 aliphatic rings. The van der Waals surface area contributed by atoms with Crippen LogP contribution in [0.15, 0.2) is 52.1 Å². The van der Waals surface area contributed by atoms with E-state index in [0.29, 0.717) is 26.6 Å². The van der Waals surface area contributed by atoms with Gasteiger partial charge in [0.15, 0.2) is 0 Å². The first-order chi connectivity index (χ1) is 10.6. The molecule has 22 heavy (non-hydrogen) atoms. The van der Waals surface area contributed by atoms with Crippen LogP contribution in [0.2, 0.25) is 10.0 Å². The Bertz CT molecular complexity index is 808. The van der Waals surface area contributed by atoms with Gasteiger partial charge in [-0.1, -0.05) is 53.2 Å². The monoisotopic (exact) mass is 352 g/mol. The maximum Gasteiger partial charge on any atom is 0.277 e. The number of aromatic hydroxyl groups is 1. The van der Waals surface area contributed by atoms with E-state index >= 15 is 0 Å². The second-order valence-electron chi connectivity index (χ2n) is 4.43. The Morgan fingerprint density at radius 2 is 1.86 bits per heavy atom. The van der Waals surface area contributed by atoms with Crippen LogP contribution in [0.5, 0.6) is 5.75 Å². The molecule has 1 N–H and O–H groups in total. The van der Waals surface area contributed by atoms with E-state index in [1.807, 2.05) is 6.07 Å². The van der Waals surface area contributed by atoms with Crippen molar-refractivity contribution in [2.24, 2.45) is 0 Å². The van der Waals surface area contributed by atoms with Crippen LogP contribution in [-0.4, -0.2) is 15.3 Å². The van der Waals surface area contributed by atoms with Gasteiger partial charge in [-0.3, -0.25) is 0 Å². The predicted octanol–water partition coefficient (Wildman–Crippen LogP) is 5.04. The molecule has 0 fully saturated rings. The van der Waals surface area contributed by atoms with E-state index in [4.69, 9.17) is 27.6 Å². The van der Waals surface area contributed by atoms with Gasteiger partial charge in [0.25, 0.3) is 11.1 Å². The SMILES string of the molecule is Oc1ccccc1-c1nnc(SCc2ccc(Cl)c(Cl)c2)o1. The summed E-state index contributed by atoms with van der Waals surface area (Å²) in [5.74, 6) is 1.01. The summed E-state index contributed by atoms with van der Waals surface area (Å²) in [6, 6.07) is 12.3. The molecule has 0 saturated heterocycles. The average molecular weight is 353 g/mol. The summed E-state index contributed by atoms with van der Waals surface area (Å²) in [7, 11) is 0. The second-order valence-corrected chi connectivity index (χ2v) is 6.17. The van der Waals surface area contributed by atoms with Crippen molar-refractivity contribution in [2.45, 2.75) is 11.0 Å². The van der Waals surface area contributed by atoms with Crippen LogP contribution in [0, 0.1) is 0 Å². The summed E-state index contributed by atoms with van der Waals surface area (Å²) in [5, 5.41) is 19.1. The molecule has 0 unspecified atom stereocenters. The Morgan fingerprint density at radius 3 is 2.64 bits per heavy atom. The van der Waals surface area contributed by atoms with Gasteiger partial charge in [-0.25, -0.2) is 0 Å². The minimum Gasteiger partial charge on any atom is -0.507 e. The van der Waals surface area contributed by atoms with Crippen molar-refractivity contribution in [3.63, 3.8) is 0 Å². The highest BCUT2D eigenvalue weighted by Crippen LogP contribution is 2.31. The summed E-state index contributed by atoms with van der Waals surface area (Å²) in [5.41, 5.74) is 1.51. The molecule has 4 nitrogen and oxygen atoms in total. The van der Waals surface area contributed by atoms with Gasteiger partial charge in [-0.2, -0.15) is 0 Å². The van der Waals surface area contributed by atoms with Gasteiger partial charge in [0.1, 0.15) is 5.75 Å². The summed E-state index contributed by atoms with van der Waals surface area (Å²) < 4.78 is 5.55. The zero-order valence-electron chi connectivity index (χ0n) is 11.2. The quantitative estimate of drug-likeness (QED) is 0.666. The van der Waals surface area contributed by atoms with Crippen LogP contribution >= 0.6 is 35.0 Å². The number of halogens is 2. The van der Waals surface area contributed by atoms with E-state index in [0.717, 1.165) is 5.56 Å². The van der Waals surface area contributed by atoms with Gasteiger partial charge in [0.05, 0.1) is 15.6 Å². The van der Waals surface area contributed by atoms with Crippen molar-refractivity contribution in [3.8, 4) is 17.2 Å². The van der Waals surface area contributed by atoms with Gasteiger partial charge in [0, 0.05) is 5.75 Å². The molecule has 0 atom stereocenters. The van der Waals surface area contributed by atoms with Crippen LogP contribution in [-0.2, 0) is 5.75 Å². The molecule has 3 rings (SSSR count). The van der Waals surface area contributed by atoms with Crippen LogP contribution in [0.1, 0.15) is 5.56 Å². The summed E-state index contributed by atoms with van der Waals surface area (Å²) in [4.78, 5) is 0. The number of para-hydroxylation sites is 1. The van der Waals surface area contributed by atoms with Gasteiger partial charge in [0.2, 0.25) is 0 Å². The molecule has 0 aliphatic carbocycles. The topological polar surface area (TPSA) is 59.2 Å². The molecule has 0 aliphatic heterocycles. The minimum atomic E-state index is 0.104. The van der Waals surface area contributed by atoms with Crippen LogP contribution in [0.25, 0.3) is 11.5 Å². The first-order valence-corrected chi connectivity index (χ1v) is 8.06. The molecule has 112 valence electrons. The Labute approximate surface area is 141 Å². The molecule has 1 heterocycles. The van der Waals surface area contributed by atoms with E-state index in [2.05, 4.69) is 10.2 Å². The van der Waals surface area contributed by atoms with Gasteiger partial charge < -0.3 is 9.52 Å². The second kappa shape index (κ2) is 6.60. The number of phenols is 1. The molecule has 0 bridgehead atoms. The van der Waals surface area contributed by atoms with Gasteiger partial charge in [-0.15, -0.1) is 10.2 Å². The first kappa shape index (κ1) is 15.2. The first-order valence-electron chi connectivity index (χ1n) is 6.32. The number of benzene rings is 2. The third-order valence-corrected chi connectivity index (χ3v) is 4.52. The lowest BCUT2D eigenvalue weighted by atomic mass is 10.2. The van der Waals surface area contributed by atoms with Crippen molar-refractivity contribution >= 4 is 35.0 Å². The average Bonchev–Trinajstić information content (AvgIpc) is 2.98. The Kier molecular flexibility index (Phi) is 4.57. The number of nitrogens with zero attached hydrogens (tertiary/aromatic N) is 2. The fourth-order valence-corrected chi connectivity index (χ4v) is 2.83.